The van der Waals surface area contributed by atoms with Crippen molar-refractivity contribution in [3.63, 3.8) is 0 Å². The minimum Gasteiger partial charge on any atom is -0.481 e. The Morgan fingerprint density at radius 1 is 1.37 bits per heavy atom. The molecule has 0 aliphatic carbocycles. The summed E-state index contributed by atoms with van der Waals surface area (Å²) >= 11 is 0. The van der Waals surface area contributed by atoms with Gasteiger partial charge in [0, 0.05) is 13.0 Å². The fourth-order valence-corrected chi connectivity index (χ4v) is 1.91. The minimum absolute atomic E-state index is 0.252. The Kier molecular flexibility index (Phi) is 6.25. The molecule has 0 saturated heterocycles. The van der Waals surface area contributed by atoms with Crippen LogP contribution in [0.15, 0.2) is 6.20 Å². The summed E-state index contributed by atoms with van der Waals surface area (Å²) in [6.07, 6.45) is 4.69. The summed E-state index contributed by atoms with van der Waals surface area (Å²) in [5.41, 5.74) is 1.88. The lowest BCUT2D eigenvalue weighted by atomic mass is 9.97. The largest absolute Gasteiger partial charge is 0.481 e. The van der Waals surface area contributed by atoms with E-state index in [1.165, 1.54) is 0 Å². The van der Waals surface area contributed by atoms with Crippen molar-refractivity contribution in [1.82, 2.24) is 9.97 Å². The van der Waals surface area contributed by atoms with Crippen molar-refractivity contribution < 1.29 is 9.90 Å². The number of aromatic nitrogens is 2. The molecule has 2 N–H and O–H groups in total. The lowest BCUT2D eigenvalue weighted by Crippen LogP contribution is -2.11. The fourth-order valence-electron chi connectivity index (χ4n) is 1.91. The van der Waals surface area contributed by atoms with Crippen LogP contribution in [0.1, 0.15) is 44.0 Å². The third-order valence-electron chi connectivity index (χ3n) is 3.39. The molecule has 0 amide bonds. The number of hydrogen-bond acceptors (Lipinski definition) is 4. The van der Waals surface area contributed by atoms with Gasteiger partial charge in [-0.3, -0.25) is 9.78 Å². The van der Waals surface area contributed by atoms with Crippen LogP contribution in [-0.4, -0.2) is 27.6 Å². The van der Waals surface area contributed by atoms with Crippen LogP contribution in [0.3, 0.4) is 0 Å². The predicted octanol–water partition coefficient (Wildman–Crippen LogP) is 2.79. The summed E-state index contributed by atoms with van der Waals surface area (Å²) in [5.74, 6) is 0.519. The topological polar surface area (TPSA) is 75.1 Å². The van der Waals surface area contributed by atoms with Crippen LogP contribution in [0.4, 0.5) is 5.82 Å². The van der Waals surface area contributed by atoms with E-state index in [9.17, 15) is 4.79 Å². The summed E-state index contributed by atoms with van der Waals surface area (Å²) in [6, 6.07) is 0. The minimum atomic E-state index is -0.716. The summed E-state index contributed by atoms with van der Waals surface area (Å²) < 4.78 is 0. The number of carbonyl (C=O) groups is 1. The summed E-state index contributed by atoms with van der Waals surface area (Å²) in [7, 11) is 0. The summed E-state index contributed by atoms with van der Waals surface area (Å²) in [6.45, 7) is 6.78. The van der Waals surface area contributed by atoms with E-state index in [0.717, 1.165) is 43.0 Å². The van der Waals surface area contributed by atoms with Gasteiger partial charge in [-0.05, 0) is 32.6 Å². The van der Waals surface area contributed by atoms with Crippen molar-refractivity contribution in [3.05, 3.63) is 17.6 Å². The molecular weight excluding hydrogens is 242 g/mol. The van der Waals surface area contributed by atoms with Crippen LogP contribution in [0.25, 0.3) is 0 Å². The van der Waals surface area contributed by atoms with Gasteiger partial charge < -0.3 is 10.4 Å². The first-order valence-electron chi connectivity index (χ1n) is 6.78. The molecule has 0 bridgehead atoms. The van der Waals surface area contributed by atoms with E-state index in [1.807, 2.05) is 13.8 Å². The maximum Gasteiger partial charge on any atom is 0.303 e. The molecule has 0 fully saturated rings. The first-order valence-corrected chi connectivity index (χ1v) is 6.78. The van der Waals surface area contributed by atoms with E-state index in [2.05, 4.69) is 22.2 Å². The van der Waals surface area contributed by atoms with Crippen LogP contribution in [-0.2, 0) is 4.79 Å². The number of carboxylic acid groups (broad SMARTS) is 1. The van der Waals surface area contributed by atoms with Gasteiger partial charge >= 0.3 is 5.97 Å². The molecule has 0 saturated carbocycles. The molecule has 1 aromatic rings. The highest BCUT2D eigenvalue weighted by Gasteiger charge is 2.09. The Hall–Kier alpha value is -1.65. The highest BCUT2D eigenvalue weighted by molar-refractivity contribution is 5.66. The monoisotopic (exact) mass is 265 g/mol. The molecule has 5 nitrogen and oxygen atoms in total. The van der Waals surface area contributed by atoms with Crippen molar-refractivity contribution in [3.8, 4) is 0 Å². The second-order valence-electron chi connectivity index (χ2n) is 4.85. The molecule has 19 heavy (non-hydrogen) atoms. The smallest absolute Gasteiger partial charge is 0.303 e. The standard InChI is InChI=1S/C14H23N3O2/c1-4-12(5-6-14(18)19)7-8-15-13-9-16-10(2)11(3)17-13/h9,12H,4-8H2,1-3H3,(H,15,17)(H,18,19). The molecule has 0 spiro atoms. The van der Waals surface area contributed by atoms with Crippen LogP contribution in [0, 0.1) is 19.8 Å². The van der Waals surface area contributed by atoms with Gasteiger partial charge in [0.15, 0.2) is 0 Å². The van der Waals surface area contributed by atoms with E-state index >= 15 is 0 Å². The molecule has 0 aromatic carbocycles. The average molecular weight is 265 g/mol. The second-order valence-corrected chi connectivity index (χ2v) is 4.85. The lowest BCUT2D eigenvalue weighted by molar-refractivity contribution is -0.137. The van der Waals surface area contributed by atoms with E-state index < -0.39 is 5.97 Å². The number of anilines is 1. The first kappa shape index (κ1) is 15.4. The molecule has 0 aliphatic rings. The first-order chi connectivity index (χ1) is 9.02. The Morgan fingerprint density at radius 2 is 2.11 bits per heavy atom. The van der Waals surface area contributed by atoms with Crippen LogP contribution >= 0.6 is 0 Å². The maximum absolute atomic E-state index is 10.6. The predicted molar refractivity (Wildman–Crippen MR) is 75.3 cm³/mol. The van der Waals surface area contributed by atoms with Crippen molar-refractivity contribution in [1.29, 1.82) is 0 Å². The number of aryl methyl sites for hydroxylation is 2. The molecular formula is C14H23N3O2. The zero-order valence-electron chi connectivity index (χ0n) is 11.9. The molecule has 1 aromatic heterocycles. The van der Waals surface area contributed by atoms with Crippen molar-refractivity contribution in [2.24, 2.45) is 5.92 Å². The number of carboxylic acids is 1. The normalized spacial score (nSPS) is 12.2. The zero-order valence-corrected chi connectivity index (χ0v) is 11.9. The van der Waals surface area contributed by atoms with Crippen LogP contribution in [0.2, 0.25) is 0 Å². The van der Waals surface area contributed by atoms with Crippen LogP contribution in [0.5, 0.6) is 0 Å². The molecule has 106 valence electrons. The van der Waals surface area contributed by atoms with Crippen molar-refractivity contribution in [2.75, 3.05) is 11.9 Å². The van der Waals surface area contributed by atoms with Gasteiger partial charge in [0.25, 0.3) is 0 Å². The van der Waals surface area contributed by atoms with Gasteiger partial charge in [-0.25, -0.2) is 4.98 Å². The maximum atomic E-state index is 10.6. The number of aliphatic carboxylic acids is 1. The highest BCUT2D eigenvalue weighted by Crippen LogP contribution is 2.15. The molecule has 0 radical (unpaired) electrons. The van der Waals surface area contributed by atoms with Gasteiger partial charge in [-0.2, -0.15) is 0 Å². The van der Waals surface area contributed by atoms with Gasteiger partial charge in [-0.15, -0.1) is 0 Å². The Morgan fingerprint density at radius 3 is 2.68 bits per heavy atom. The molecule has 1 rings (SSSR count). The van der Waals surface area contributed by atoms with Crippen molar-refractivity contribution >= 4 is 11.8 Å². The van der Waals surface area contributed by atoms with Crippen LogP contribution < -0.4 is 5.32 Å². The summed E-state index contributed by atoms with van der Waals surface area (Å²) in [5, 5.41) is 11.9. The molecule has 0 aliphatic heterocycles. The third kappa shape index (κ3) is 5.68. The molecule has 1 atom stereocenters. The van der Waals surface area contributed by atoms with E-state index in [0.29, 0.717) is 5.92 Å². The van der Waals surface area contributed by atoms with Gasteiger partial charge in [0.05, 0.1) is 17.6 Å². The average Bonchev–Trinajstić information content (AvgIpc) is 2.37. The Bertz CT molecular complexity index is 421. The Labute approximate surface area is 114 Å². The van der Waals surface area contributed by atoms with Gasteiger partial charge in [0.1, 0.15) is 5.82 Å². The fraction of sp³-hybridized carbons (Fsp3) is 0.643. The van der Waals surface area contributed by atoms with Gasteiger partial charge in [0.2, 0.25) is 0 Å². The number of rotatable bonds is 8. The van der Waals surface area contributed by atoms with E-state index in [-0.39, 0.29) is 6.42 Å². The van der Waals surface area contributed by atoms with E-state index in [1.54, 1.807) is 6.20 Å². The Balaban J connectivity index is 2.35. The number of nitrogens with zero attached hydrogens (tertiary/aromatic N) is 2. The molecule has 5 heteroatoms. The van der Waals surface area contributed by atoms with Gasteiger partial charge in [-0.1, -0.05) is 13.3 Å². The molecule has 1 heterocycles. The van der Waals surface area contributed by atoms with Crippen molar-refractivity contribution in [2.45, 2.75) is 46.5 Å². The summed E-state index contributed by atoms with van der Waals surface area (Å²) in [4.78, 5) is 19.2. The third-order valence-corrected chi connectivity index (χ3v) is 3.39. The zero-order chi connectivity index (χ0) is 14.3. The van der Waals surface area contributed by atoms with E-state index in [4.69, 9.17) is 5.11 Å². The molecule has 1 unspecified atom stereocenters. The lowest BCUT2D eigenvalue weighted by Gasteiger charge is -2.14. The quantitative estimate of drug-likeness (QED) is 0.756. The SMILES string of the molecule is CCC(CCNc1cnc(C)c(C)n1)CCC(=O)O. The number of nitrogens with one attached hydrogen (secondary N) is 1. The highest BCUT2D eigenvalue weighted by atomic mass is 16.4. The number of hydrogen-bond donors (Lipinski definition) is 2. The second kappa shape index (κ2) is 7.71.